The van der Waals surface area contributed by atoms with Crippen LogP contribution in [0.2, 0.25) is 0 Å². The average Bonchev–Trinajstić information content (AvgIpc) is 3.30. The minimum absolute atomic E-state index is 0.247. The van der Waals surface area contributed by atoms with Crippen molar-refractivity contribution in [2.45, 2.75) is 19.9 Å². The van der Waals surface area contributed by atoms with Crippen molar-refractivity contribution in [2.24, 2.45) is 0 Å². The van der Waals surface area contributed by atoms with Gasteiger partial charge < -0.3 is 5.32 Å². The van der Waals surface area contributed by atoms with Crippen molar-refractivity contribution < 1.29 is 9.18 Å². The Morgan fingerprint density at radius 2 is 1.64 bits per heavy atom. The summed E-state index contributed by atoms with van der Waals surface area (Å²) < 4.78 is 15.8. The molecule has 0 spiro atoms. The number of carbonyl (C=O) groups is 1. The quantitative estimate of drug-likeness (QED) is 0.371. The van der Waals surface area contributed by atoms with Crippen molar-refractivity contribution in [2.75, 3.05) is 0 Å². The van der Waals surface area contributed by atoms with Crippen LogP contribution in [0.4, 0.5) is 4.39 Å². The molecule has 0 saturated carbocycles. The largest absolute Gasteiger partial charge is 0.341 e. The molecule has 36 heavy (non-hydrogen) atoms. The van der Waals surface area contributed by atoms with Crippen LogP contribution in [0, 0.1) is 19.7 Å². The zero-order chi connectivity index (χ0) is 25.1. The van der Waals surface area contributed by atoms with E-state index in [1.54, 1.807) is 49.8 Å². The van der Waals surface area contributed by atoms with Gasteiger partial charge in [-0.2, -0.15) is 5.10 Å². The summed E-state index contributed by atoms with van der Waals surface area (Å²) in [5.41, 5.74) is 4.74. The summed E-state index contributed by atoms with van der Waals surface area (Å²) in [7, 11) is 0. The summed E-state index contributed by atoms with van der Waals surface area (Å²) in [6, 6.07) is 19.4. The topological polar surface area (TPSA) is 85.6 Å². The van der Waals surface area contributed by atoms with Gasteiger partial charge in [0.15, 0.2) is 0 Å². The molecule has 2 aromatic carbocycles. The number of pyridine rings is 1. The van der Waals surface area contributed by atoms with E-state index in [0.29, 0.717) is 22.5 Å². The molecule has 5 aromatic rings. The Bertz CT molecular complexity index is 1520. The number of nitrogens with one attached hydrogen (secondary N) is 1. The van der Waals surface area contributed by atoms with E-state index in [2.05, 4.69) is 25.4 Å². The SMILES string of the molecule is Cc1ccc(C(NC(=O)c2cnn(-c3nccc(-c4ccccc4F)n3)c2C)c2ccncc2)cc1. The van der Waals surface area contributed by atoms with E-state index in [0.717, 1.165) is 16.7 Å². The summed E-state index contributed by atoms with van der Waals surface area (Å²) in [6.07, 6.45) is 6.43. The Labute approximate surface area is 207 Å². The molecule has 3 heterocycles. The Kier molecular flexibility index (Phi) is 6.32. The molecule has 0 radical (unpaired) electrons. The van der Waals surface area contributed by atoms with E-state index in [4.69, 9.17) is 0 Å². The second-order valence-corrected chi connectivity index (χ2v) is 8.37. The van der Waals surface area contributed by atoms with Crippen LogP contribution in [-0.2, 0) is 0 Å². The van der Waals surface area contributed by atoms with Crippen LogP contribution in [0.15, 0.2) is 91.5 Å². The summed E-state index contributed by atoms with van der Waals surface area (Å²) in [6.45, 7) is 3.79. The van der Waals surface area contributed by atoms with Crippen molar-refractivity contribution in [1.29, 1.82) is 0 Å². The fourth-order valence-corrected chi connectivity index (χ4v) is 3.99. The first-order valence-electron chi connectivity index (χ1n) is 11.4. The first-order valence-corrected chi connectivity index (χ1v) is 11.4. The summed E-state index contributed by atoms with van der Waals surface area (Å²) in [5, 5.41) is 7.48. The maximum absolute atomic E-state index is 14.3. The lowest BCUT2D eigenvalue weighted by atomic mass is 9.98. The molecule has 0 aliphatic rings. The highest BCUT2D eigenvalue weighted by atomic mass is 19.1. The minimum Gasteiger partial charge on any atom is -0.341 e. The maximum Gasteiger partial charge on any atom is 0.255 e. The Hall–Kier alpha value is -4.72. The predicted molar refractivity (Wildman–Crippen MR) is 134 cm³/mol. The molecule has 178 valence electrons. The molecule has 0 fully saturated rings. The second kappa shape index (κ2) is 9.87. The number of nitrogens with zero attached hydrogens (tertiary/aromatic N) is 5. The number of hydrogen-bond acceptors (Lipinski definition) is 5. The van der Waals surface area contributed by atoms with Gasteiger partial charge >= 0.3 is 0 Å². The fraction of sp³-hybridized carbons (Fsp3) is 0.107. The summed E-state index contributed by atoms with van der Waals surface area (Å²) in [5.74, 6) is -0.416. The molecule has 7 nitrogen and oxygen atoms in total. The Morgan fingerprint density at radius 1 is 0.917 bits per heavy atom. The lowest BCUT2D eigenvalue weighted by Crippen LogP contribution is -2.29. The van der Waals surface area contributed by atoms with Crippen molar-refractivity contribution in [3.8, 4) is 17.2 Å². The molecule has 8 heteroatoms. The second-order valence-electron chi connectivity index (χ2n) is 8.37. The van der Waals surface area contributed by atoms with Gasteiger partial charge in [-0.3, -0.25) is 9.78 Å². The Morgan fingerprint density at radius 3 is 2.39 bits per heavy atom. The number of rotatable bonds is 6. The molecule has 0 aliphatic heterocycles. The highest BCUT2D eigenvalue weighted by molar-refractivity contribution is 5.95. The molecule has 0 saturated heterocycles. The molecule has 1 unspecified atom stereocenters. The number of aromatic nitrogens is 5. The maximum atomic E-state index is 14.3. The summed E-state index contributed by atoms with van der Waals surface area (Å²) in [4.78, 5) is 26.3. The third-order valence-corrected chi connectivity index (χ3v) is 5.96. The number of amides is 1. The molecule has 0 aliphatic carbocycles. The number of hydrogen-bond donors (Lipinski definition) is 1. The van der Waals surface area contributed by atoms with E-state index < -0.39 is 0 Å². The van der Waals surface area contributed by atoms with Gasteiger partial charge in [0, 0.05) is 24.2 Å². The lowest BCUT2D eigenvalue weighted by Gasteiger charge is -2.20. The normalized spacial score (nSPS) is 11.8. The van der Waals surface area contributed by atoms with Gasteiger partial charge in [0.25, 0.3) is 11.9 Å². The van der Waals surface area contributed by atoms with E-state index in [1.807, 2.05) is 43.3 Å². The fourth-order valence-electron chi connectivity index (χ4n) is 3.99. The first kappa shape index (κ1) is 23.0. The van der Waals surface area contributed by atoms with Gasteiger partial charge in [0.2, 0.25) is 0 Å². The molecule has 3 aromatic heterocycles. The first-order chi connectivity index (χ1) is 17.5. The zero-order valence-electron chi connectivity index (χ0n) is 19.8. The van der Waals surface area contributed by atoms with Crippen LogP contribution in [0.5, 0.6) is 0 Å². The van der Waals surface area contributed by atoms with Crippen LogP contribution in [0.25, 0.3) is 17.2 Å². The van der Waals surface area contributed by atoms with Crippen molar-refractivity contribution in [3.63, 3.8) is 0 Å². The van der Waals surface area contributed by atoms with Gasteiger partial charge in [0.1, 0.15) is 5.82 Å². The lowest BCUT2D eigenvalue weighted by molar-refractivity contribution is 0.0942. The number of carbonyl (C=O) groups excluding carboxylic acids is 1. The molecule has 1 atom stereocenters. The van der Waals surface area contributed by atoms with Crippen LogP contribution in [0.1, 0.15) is 38.8 Å². The van der Waals surface area contributed by atoms with Gasteiger partial charge in [-0.15, -0.1) is 0 Å². The van der Waals surface area contributed by atoms with Crippen LogP contribution in [-0.4, -0.2) is 30.6 Å². The molecular formula is C28H23FN6O. The van der Waals surface area contributed by atoms with E-state index in [9.17, 15) is 9.18 Å². The van der Waals surface area contributed by atoms with Gasteiger partial charge in [0.05, 0.1) is 29.2 Å². The van der Waals surface area contributed by atoms with Crippen LogP contribution < -0.4 is 5.32 Å². The minimum atomic E-state index is -0.377. The molecular weight excluding hydrogens is 455 g/mol. The van der Waals surface area contributed by atoms with Gasteiger partial charge in [-0.25, -0.2) is 19.0 Å². The smallest absolute Gasteiger partial charge is 0.255 e. The Balaban J connectivity index is 1.45. The van der Waals surface area contributed by atoms with Gasteiger partial charge in [-0.1, -0.05) is 42.0 Å². The molecule has 1 N–H and O–H groups in total. The third kappa shape index (κ3) is 4.61. The van der Waals surface area contributed by atoms with Gasteiger partial charge in [-0.05, 0) is 55.3 Å². The van der Waals surface area contributed by atoms with Crippen LogP contribution in [0.3, 0.4) is 0 Å². The summed E-state index contributed by atoms with van der Waals surface area (Å²) >= 11 is 0. The highest BCUT2D eigenvalue weighted by Crippen LogP contribution is 2.24. The van der Waals surface area contributed by atoms with Crippen molar-refractivity contribution in [3.05, 3.63) is 125 Å². The van der Waals surface area contributed by atoms with E-state index in [1.165, 1.54) is 16.9 Å². The number of aryl methyl sites for hydroxylation is 1. The number of halogens is 1. The monoisotopic (exact) mass is 478 g/mol. The van der Waals surface area contributed by atoms with Crippen LogP contribution >= 0.6 is 0 Å². The van der Waals surface area contributed by atoms with E-state index >= 15 is 0 Å². The standard InChI is InChI=1S/C28H23FN6O/c1-18-7-9-20(10-8-18)26(21-11-14-30-15-12-21)34-27(36)23-17-32-35(19(23)2)28-31-16-13-25(33-28)22-5-3-4-6-24(22)29/h3-17,26H,1-2H3,(H,34,36). The molecule has 0 bridgehead atoms. The zero-order valence-corrected chi connectivity index (χ0v) is 19.8. The van der Waals surface area contributed by atoms with E-state index in [-0.39, 0.29) is 23.7 Å². The molecule has 5 rings (SSSR count). The third-order valence-electron chi connectivity index (χ3n) is 5.96. The number of benzene rings is 2. The average molecular weight is 479 g/mol. The molecule has 1 amide bonds. The predicted octanol–water partition coefficient (Wildman–Crippen LogP) is 5.00. The van der Waals surface area contributed by atoms with Crippen molar-refractivity contribution >= 4 is 5.91 Å². The van der Waals surface area contributed by atoms with Crippen molar-refractivity contribution in [1.82, 2.24) is 30.0 Å². The highest BCUT2D eigenvalue weighted by Gasteiger charge is 2.22.